The Kier molecular flexibility index (Phi) is 4.61. The van der Waals surface area contributed by atoms with Gasteiger partial charge in [-0.25, -0.2) is 0 Å². The molecule has 3 N–H and O–H groups in total. The van der Waals surface area contributed by atoms with Gasteiger partial charge in [-0.2, -0.15) is 13.2 Å². The van der Waals surface area contributed by atoms with Gasteiger partial charge in [-0.15, -0.1) is 12.4 Å². The van der Waals surface area contributed by atoms with Crippen LogP contribution in [0.15, 0.2) is 0 Å². The van der Waals surface area contributed by atoms with E-state index in [1.807, 2.05) is 0 Å². The average molecular weight is 263 g/mol. The zero-order valence-electron chi connectivity index (χ0n) is 8.62. The van der Waals surface area contributed by atoms with Gasteiger partial charge in [-0.3, -0.25) is 4.79 Å². The lowest BCUT2D eigenvalue weighted by Crippen LogP contribution is -2.49. The first-order chi connectivity index (χ1) is 6.67. The number of aliphatic hydroxyl groups is 1. The molecule has 0 aromatic carbocycles. The number of likely N-dealkylation sites (tertiary alicyclic amines) is 1. The Morgan fingerprint density at radius 3 is 2.38 bits per heavy atom. The van der Waals surface area contributed by atoms with Crippen molar-refractivity contribution >= 4 is 18.3 Å². The molecule has 1 aliphatic heterocycles. The number of carbonyl (C=O) groups is 1. The minimum atomic E-state index is -4.71. The molecule has 2 atom stereocenters. The number of halogens is 4. The Morgan fingerprint density at radius 2 is 2.06 bits per heavy atom. The number of amides is 1. The first-order valence-corrected chi connectivity index (χ1v) is 4.51. The van der Waals surface area contributed by atoms with Gasteiger partial charge >= 0.3 is 6.18 Å². The molecule has 0 saturated carbocycles. The third kappa shape index (κ3) is 2.78. The number of rotatable bonds is 1. The highest BCUT2D eigenvalue weighted by Gasteiger charge is 2.57. The summed E-state index contributed by atoms with van der Waals surface area (Å²) in [6, 6.07) is -0.847. The third-order valence-corrected chi connectivity index (χ3v) is 2.48. The first kappa shape index (κ1) is 15.5. The SMILES string of the molecule is CC(N)C(=O)N1CCC(O)(C(F)(F)F)C1.Cl. The molecule has 0 bridgehead atoms. The standard InChI is InChI=1S/C8H13F3N2O2.ClH/c1-5(12)6(14)13-3-2-7(15,4-13)8(9,10)11;/h5,15H,2-4,12H2,1H3;1H. The maximum absolute atomic E-state index is 12.4. The summed E-state index contributed by atoms with van der Waals surface area (Å²) in [5.41, 5.74) is 2.48. The van der Waals surface area contributed by atoms with E-state index in [1.165, 1.54) is 6.92 Å². The molecular formula is C8H14ClF3N2O2. The van der Waals surface area contributed by atoms with Gasteiger partial charge in [-0.1, -0.05) is 0 Å². The normalized spacial score (nSPS) is 27.5. The van der Waals surface area contributed by atoms with Gasteiger partial charge in [0.2, 0.25) is 5.91 Å². The van der Waals surface area contributed by atoms with E-state index in [0.717, 1.165) is 4.90 Å². The zero-order chi connectivity index (χ0) is 11.9. The molecule has 1 heterocycles. The topological polar surface area (TPSA) is 66.6 Å². The number of alkyl halides is 3. The summed E-state index contributed by atoms with van der Waals surface area (Å²) in [5, 5.41) is 9.27. The minimum Gasteiger partial charge on any atom is -0.379 e. The smallest absolute Gasteiger partial charge is 0.379 e. The largest absolute Gasteiger partial charge is 0.419 e. The summed E-state index contributed by atoms with van der Waals surface area (Å²) >= 11 is 0. The summed E-state index contributed by atoms with van der Waals surface area (Å²) in [4.78, 5) is 12.2. The fraction of sp³-hybridized carbons (Fsp3) is 0.875. The summed E-state index contributed by atoms with van der Waals surface area (Å²) in [7, 11) is 0. The molecule has 8 heteroatoms. The van der Waals surface area contributed by atoms with E-state index in [0.29, 0.717) is 0 Å². The van der Waals surface area contributed by atoms with Crippen molar-refractivity contribution in [3.05, 3.63) is 0 Å². The predicted octanol–water partition coefficient (Wildman–Crippen LogP) is 0.281. The molecule has 1 rings (SSSR count). The number of hydrogen-bond donors (Lipinski definition) is 2. The molecule has 0 aromatic heterocycles. The van der Waals surface area contributed by atoms with Crippen LogP contribution in [0.1, 0.15) is 13.3 Å². The molecule has 96 valence electrons. The summed E-state index contributed by atoms with van der Waals surface area (Å²) in [6.07, 6.45) is -5.20. The van der Waals surface area contributed by atoms with Crippen LogP contribution >= 0.6 is 12.4 Å². The quantitative estimate of drug-likeness (QED) is 0.713. The molecule has 0 spiro atoms. The highest BCUT2D eigenvalue weighted by Crippen LogP contribution is 2.37. The van der Waals surface area contributed by atoms with E-state index in [-0.39, 0.29) is 19.0 Å². The number of nitrogens with two attached hydrogens (primary N) is 1. The van der Waals surface area contributed by atoms with Gasteiger partial charge in [0.1, 0.15) is 0 Å². The summed E-state index contributed by atoms with van der Waals surface area (Å²) in [5.74, 6) is -0.574. The van der Waals surface area contributed by atoms with Crippen molar-refractivity contribution in [1.82, 2.24) is 4.90 Å². The molecule has 1 saturated heterocycles. The number of β-amino-alcohol motifs (C(OH)–C–C–N with tert-alkyl or cyclic N) is 1. The van der Waals surface area contributed by atoms with Crippen molar-refractivity contribution in [2.45, 2.75) is 31.2 Å². The van der Waals surface area contributed by atoms with Crippen molar-refractivity contribution in [3.63, 3.8) is 0 Å². The van der Waals surface area contributed by atoms with Crippen LogP contribution in [0.3, 0.4) is 0 Å². The van der Waals surface area contributed by atoms with Crippen LogP contribution < -0.4 is 5.73 Å². The second kappa shape index (κ2) is 4.77. The minimum absolute atomic E-state index is 0. The van der Waals surface area contributed by atoms with Crippen LogP contribution in [0.5, 0.6) is 0 Å². The van der Waals surface area contributed by atoms with Crippen LogP contribution in [0.25, 0.3) is 0 Å². The van der Waals surface area contributed by atoms with E-state index in [1.54, 1.807) is 0 Å². The lowest BCUT2D eigenvalue weighted by molar-refractivity contribution is -0.253. The van der Waals surface area contributed by atoms with Crippen molar-refractivity contribution in [3.8, 4) is 0 Å². The predicted molar refractivity (Wildman–Crippen MR) is 53.1 cm³/mol. The lowest BCUT2D eigenvalue weighted by Gasteiger charge is -2.26. The van der Waals surface area contributed by atoms with E-state index in [2.05, 4.69) is 0 Å². The van der Waals surface area contributed by atoms with Gasteiger partial charge in [0.05, 0.1) is 12.6 Å². The maximum atomic E-state index is 12.4. The number of nitrogens with zero attached hydrogens (tertiary/aromatic N) is 1. The molecule has 4 nitrogen and oxygen atoms in total. The average Bonchev–Trinajstić information content (AvgIpc) is 2.46. The molecule has 2 unspecified atom stereocenters. The third-order valence-electron chi connectivity index (χ3n) is 2.48. The molecule has 1 amide bonds. The number of carbonyl (C=O) groups excluding carboxylic acids is 1. The molecular weight excluding hydrogens is 249 g/mol. The van der Waals surface area contributed by atoms with Gasteiger partial charge in [-0.05, 0) is 6.92 Å². The monoisotopic (exact) mass is 262 g/mol. The van der Waals surface area contributed by atoms with Crippen molar-refractivity contribution in [1.29, 1.82) is 0 Å². The Hall–Kier alpha value is -0.530. The van der Waals surface area contributed by atoms with Gasteiger partial charge in [0.15, 0.2) is 5.60 Å². The molecule has 1 fully saturated rings. The van der Waals surface area contributed by atoms with Crippen LogP contribution in [0.2, 0.25) is 0 Å². The number of hydrogen-bond acceptors (Lipinski definition) is 3. The van der Waals surface area contributed by atoms with E-state index in [9.17, 15) is 23.1 Å². The Balaban J connectivity index is 0.00000225. The van der Waals surface area contributed by atoms with Gasteiger partial charge in [0.25, 0.3) is 0 Å². The van der Waals surface area contributed by atoms with Crippen molar-refractivity contribution in [2.24, 2.45) is 5.73 Å². The van der Waals surface area contributed by atoms with Gasteiger partial charge < -0.3 is 15.7 Å². The molecule has 0 aromatic rings. The van der Waals surface area contributed by atoms with Crippen molar-refractivity contribution < 1.29 is 23.1 Å². The Bertz CT molecular complexity index is 272. The highest BCUT2D eigenvalue weighted by atomic mass is 35.5. The van der Waals surface area contributed by atoms with E-state index >= 15 is 0 Å². The molecule has 0 radical (unpaired) electrons. The molecule has 16 heavy (non-hydrogen) atoms. The summed E-state index contributed by atoms with van der Waals surface area (Å²) in [6.45, 7) is 0.556. The van der Waals surface area contributed by atoms with Gasteiger partial charge in [0, 0.05) is 13.0 Å². The Morgan fingerprint density at radius 1 is 1.56 bits per heavy atom. The highest BCUT2D eigenvalue weighted by molar-refractivity contribution is 5.85. The van der Waals surface area contributed by atoms with Crippen LogP contribution in [-0.2, 0) is 4.79 Å². The van der Waals surface area contributed by atoms with Crippen LogP contribution in [0.4, 0.5) is 13.2 Å². The molecule has 0 aliphatic carbocycles. The fourth-order valence-electron chi connectivity index (χ4n) is 1.50. The van der Waals surface area contributed by atoms with Crippen molar-refractivity contribution in [2.75, 3.05) is 13.1 Å². The second-order valence-electron chi connectivity index (χ2n) is 3.83. The van der Waals surface area contributed by atoms with Crippen LogP contribution in [0, 0.1) is 0 Å². The first-order valence-electron chi connectivity index (χ1n) is 4.51. The van der Waals surface area contributed by atoms with E-state index < -0.39 is 36.7 Å². The zero-order valence-corrected chi connectivity index (χ0v) is 9.44. The maximum Gasteiger partial charge on any atom is 0.419 e. The second-order valence-corrected chi connectivity index (χ2v) is 3.83. The summed E-state index contributed by atoms with van der Waals surface area (Å²) < 4.78 is 37.1. The van der Waals surface area contributed by atoms with Crippen LogP contribution in [-0.4, -0.2) is 46.8 Å². The molecule has 1 aliphatic rings. The lowest BCUT2D eigenvalue weighted by atomic mass is 10.0. The fourth-order valence-corrected chi connectivity index (χ4v) is 1.50. The Labute approximate surface area is 97.0 Å². The van der Waals surface area contributed by atoms with E-state index in [4.69, 9.17) is 5.73 Å².